The highest BCUT2D eigenvalue weighted by Crippen LogP contribution is 2.32. The molecule has 5 rings (SSSR count). The van der Waals surface area contributed by atoms with Crippen LogP contribution in [0.1, 0.15) is 58.4 Å². The number of ketones is 1. The number of Topliss-reactive ketones (excluding diaryl/α,β-unsaturated/α-hetero) is 1. The molecule has 3 heterocycles. The van der Waals surface area contributed by atoms with Gasteiger partial charge in [-0.2, -0.15) is 0 Å². The minimum absolute atomic E-state index is 0.0976. The van der Waals surface area contributed by atoms with Crippen LogP contribution in [-0.2, 0) is 15.9 Å². The van der Waals surface area contributed by atoms with Crippen molar-refractivity contribution in [2.45, 2.75) is 52.2 Å². The number of halogens is 1. The maximum atomic E-state index is 14.9. The molecule has 36 heavy (non-hydrogen) atoms. The lowest BCUT2D eigenvalue weighted by atomic mass is 9.81. The summed E-state index contributed by atoms with van der Waals surface area (Å²) in [5, 5.41) is 10.8. The van der Waals surface area contributed by atoms with E-state index in [1.165, 1.54) is 17.0 Å². The standard InChI is InChI=1S/C28H31FN2O5/c1-16-17(2)26-21(27(34)31(15-30-26)23-6-7-35-12-25(23)33)10-19(16)8-18-4-5-20(22(29)9-18)24(32)11-28(3)13-36-14-28/h4-5,9-10,15,23,25,33H,6-8,11-14H2,1-3H3/t23-,25-/m0/s1. The predicted octanol–water partition coefficient (Wildman–Crippen LogP) is 3.67. The summed E-state index contributed by atoms with van der Waals surface area (Å²) >= 11 is 0. The number of carbonyl (C=O) groups excluding carboxylic acids is 1. The zero-order valence-corrected chi connectivity index (χ0v) is 20.8. The molecule has 1 N–H and O–H groups in total. The molecule has 2 fully saturated rings. The van der Waals surface area contributed by atoms with Crippen LogP contribution in [0.15, 0.2) is 35.4 Å². The Morgan fingerprint density at radius 3 is 2.67 bits per heavy atom. The van der Waals surface area contributed by atoms with Crippen LogP contribution in [0.4, 0.5) is 4.39 Å². The summed E-state index contributed by atoms with van der Waals surface area (Å²) in [5.74, 6) is -0.751. The lowest BCUT2D eigenvalue weighted by molar-refractivity contribution is -0.0997. The first-order valence-corrected chi connectivity index (χ1v) is 12.3. The third-order valence-electron chi connectivity index (χ3n) is 7.61. The van der Waals surface area contributed by atoms with E-state index in [4.69, 9.17) is 9.47 Å². The second-order valence-corrected chi connectivity index (χ2v) is 10.5. The van der Waals surface area contributed by atoms with Gasteiger partial charge in [0, 0.05) is 18.4 Å². The van der Waals surface area contributed by atoms with Gasteiger partial charge in [-0.15, -0.1) is 0 Å². The van der Waals surface area contributed by atoms with Crippen molar-refractivity contribution in [3.05, 3.63) is 74.6 Å². The lowest BCUT2D eigenvalue weighted by Crippen LogP contribution is -2.41. The van der Waals surface area contributed by atoms with Gasteiger partial charge in [-0.25, -0.2) is 9.37 Å². The number of aliphatic hydroxyl groups excluding tert-OH is 1. The molecule has 1 aromatic heterocycles. The zero-order chi connectivity index (χ0) is 25.6. The average molecular weight is 495 g/mol. The van der Waals surface area contributed by atoms with Crippen molar-refractivity contribution in [1.82, 2.24) is 9.55 Å². The Labute approximate surface area is 208 Å². The largest absolute Gasteiger partial charge is 0.389 e. The molecule has 0 bridgehead atoms. The Balaban J connectivity index is 1.46. The van der Waals surface area contributed by atoms with E-state index in [0.29, 0.717) is 49.1 Å². The summed E-state index contributed by atoms with van der Waals surface area (Å²) < 4.78 is 27.0. The van der Waals surface area contributed by atoms with Crippen molar-refractivity contribution in [3.8, 4) is 0 Å². The number of hydrogen-bond acceptors (Lipinski definition) is 6. The quantitative estimate of drug-likeness (QED) is 0.526. The van der Waals surface area contributed by atoms with Crippen LogP contribution in [-0.4, -0.2) is 53.0 Å². The number of benzene rings is 2. The molecule has 8 heteroatoms. The molecule has 0 unspecified atom stereocenters. The third-order valence-corrected chi connectivity index (χ3v) is 7.61. The average Bonchev–Trinajstić information content (AvgIpc) is 2.82. The van der Waals surface area contributed by atoms with E-state index in [0.717, 1.165) is 16.7 Å². The summed E-state index contributed by atoms with van der Waals surface area (Å²) in [6.07, 6.45) is 1.94. The molecule has 7 nitrogen and oxygen atoms in total. The Morgan fingerprint density at radius 1 is 1.22 bits per heavy atom. The molecule has 2 aliphatic heterocycles. The van der Waals surface area contributed by atoms with Gasteiger partial charge in [0.15, 0.2) is 5.78 Å². The second kappa shape index (κ2) is 9.50. The van der Waals surface area contributed by atoms with Gasteiger partial charge in [-0.1, -0.05) is 13.0 Å². The van der Waals surface area contributed by atoms with E-state index in [9.17, 15) is 19.1 Å². The van der Waals surface area contributed by atoms with Crippen molar-refractivity contribution < 1.29 is 23.8 Å². The van der Waals surface area contributed by atoms with E-state index in [1.54, 1.807) is 12.1 Å². The van der Waals surface area contributed by atoms with Crippen molar-refractivity contribution in [2.75, 3.05) is 26.4 Å². The fraction of sp³-hybridized carbons (Fsp3) is 0.464. The molecule has 2 saturated heterocycles. The van der Waals surface area contributed by atoms with Gasteiger partial charge in [0.2, 0.25) is 0 Å². The van der Waals surface area contributed by atoms with E-state index in [-0.39, 0.29) is 41.4 Å². The number of aromatic nitrogens is 2. The van der Waals surface area contributed by atoms with Crippen molar-refractivity contribution >= 4 is 16.7 Å². The van der Waals surface area contributed by atoms with Crippen molar-refractivity contribution in [3.63, 3.8) is 0 Å². The number of rotatable bonds is 6. The maximum absolute atomic E-state index is 14.9. The van der Waals surface area contributed by atoms with Gasteiger partial charge in [-0.05, 0) is 67.1 Å². The van der Waals surface area contributed by atoms with Crippen LogP contribution in [0, 0.1) is 25.1 Å². The van der Waals surface area contributed by atoms with Crippen LogP contribution < -0.4 is 5.56 Å². The highest BCUT2D eigenvalue weighted by atomic mass is 19.1. The Hall–Kier alpha value is -2.94. The van der Waals surface area contributed by atoms with E-state index in [2.05, 4.69) is 4.98 Å². The molecule has 0 saturated carbocycles. The summed E-state index contributed by atoms with van der Waals surface area (Å²) in [6.45, 7) is 7.55. The molecule has 0 amide bonds. The maximum Gasteiger partial charge on any atom is 0.261 e. The summed E-state index contributed by atoms with van der Waals surface area (Å²) in [7, 11) is 0. The number of hydrogen-bond donors (Lipinski definition) is 1. The van der Waals surface area contributed by atoms with Crippen molar-refractivity contribution in [2.24, 2.45) is 5.41 Å². The first-order valence-electron chi connectivity index (χ1n) is 12.3. The van der Waals surface area contributed by atoms with Crippen molar-refractivity contribution in [1.29, 1.82) is 0 Å². The molecule has 2 aromatic carbocycles. The normalized spacial score (nSPS) is 21.4. The molecule has 0 aliphatic carbocycles. The number of ether oxygens (including phenoxy) is 2. The molecule has 2 atom stereocenters. The van der Waals surface area contributed by atoms with Gasteiger partial charge in [0.1, 0.15) is 5.82 Å². The third kappa shape index (κ3) is 4.49. The predicted molar refractivity (Wildman–Crippen MR) is 133 cm³/mol. The summed E-state index contributed by atoms with van der Waals surface area (Å²) in [4.78, 5) is 30.6. The highest BCUT2D eigenvalue weighted by Gasteiger charge is 2.36. The number of carbonyl (C=O) groups is 1. The van der Waals surface area contributed by atoms with Gasteiger partial charge in [0.25, 0.3) is 5.56 Å². The van der Waals surface area contributed by atoms with Gasteiger partial charge < -0.3 is 14.6 Å². The summed E-state index contributed by atoms with van der Waals surface area (Å²) in [6, 6.07) is 6.17. The van der Waals surface area contributed by atoms with Crippen LogP contribution in [0.3, 0.4) is 0 Å². The smallest absolute Gasteiger partial charge is 0.261 e. The molecule has 3 aromatic rings. The molecular formula is C28H31FN2O5. The minimum Gasteiger partial charge on any atom is -0.389 e. The van der Waals surface area contributed by atoms with E-state index >= 15 is 0 Å². The molecule has 2 aliphatic rings. The van der Waals surface area contributed by atoms with Crippen LogP contribution in [0.25, 0.3) is 10.9 Å². The zero-order valence-electron chi connectivity index (χ0n) is 20.8. The van der Waals surface area contributed by atoms with E-state index in [1.807, 2.05) is 26.8 Å². The first-order chi connectivity index (χ1) is 17.2. The number of nitrogens with zero attached hydrogens (tertiary/aromatic N) is 2. The molecular weight excluding hydrogens is 463 g/mol. The SMILES string of the molecule is Cc1c(Cc2ccc(C(=O)CC3(C)COC3)c(F)c2)cc2c(=O)n([C@H]3CCOC[C@@H]3O)cnc2c1C. The fourth-order valence-corrected chi connectivity index (χ4v) is 5.22. The first kappa shape index (κ1) is 24.7. The molecule has 0 radical (unpaired) electrons. The second-order valence-electron chi connectivity index (χ2n) is 10.5. The Morgan fingerprint density at radius 2 is 2.00 bits per heavy atom. The fourth-order valence-electron chi connectivity index (χ4n) is 5.22. The van der Waals surface area contributed by atoms with Crippen LogP contribution in [0.5, 0.6) is 0 Å². The highest BCUT2D eigenvalue weighted by molar-refractivity contribution is 5.96. The van der Waals surface area contributed by atoms with Gasteiger partial charge in [-0.3, -0.25) is 14.2 Å². The Bertz CT molecular complexity index is 1390. The lowest BCUT2D eigenvalue weighted by Gasteiger charge is -2.37. The molecule has 190 valence electrons. The minimum atomic E-state index is -0.773. The van der Waals surface area contributed by atoms with Crippen LogP contribution >= 0.6 is 0 Å². The monoisotopic (exact) mass is 494 g/mol. The number of fused-ring (bicyclic) bond motifs is 1. The van der Waals surface area contributed by atoms with Crippen LogP contribution in [0.2, 0.25) is 0 Å². The topological polar surface area (TPSA) is 90.7 Å². The number of aryl methyl sites for hydroxylation is 1. The summed E-state index contributed by atoms with van der Waals surface area (Å²) in [5.41, 5.74) is 3.77. The van der Waals surface area contributed by atoms with Gasteiger partial charge >= 0.3 is 0 Å². The Kier molecular flexibility index (Phi) is 6.53. The number of aliphatic hydroxyl groups is 1. The van der Waals surface area contributed by atoms with E-state index < -0.39 is 11.9 Å². The van der Waals surface area contributed by atoms with Gasteiger partial charge in [0.05, 0.1) is 54.8 Å². The molecule has 0 spiro atoms.